The normalized spacial score (nSPS) is 17.8. The average molecular weight is 396 g/mol. The van der Waals surface area contributed by atoms with Gasteiger partial charge in [-0.1, -0.05) is 35.1 Å². The Hall–Kier alpha value is -1.74. The largest absolute Gasteiger partial charge is 0.492 e. The molecule has 1 aliphatic rings. The summed E-state index contributed by atoms with van der Waals surface area (Å²) < 4.78 is 16.3. The van der Waals surface area contributed by atoms with Crippen LogP contribution in [0, 0.1) is 12.7 Å². The summed E-state index contributed by atoms with van der Waals surface area (Å²) in [6.45, 7) is 5.05. The fourth-order valence-electron chi connectivity index (χ4n) is 3.34. The van der Waals surface area contributed by atoms with Gasteiger partial charge < -0.3 is 10.0 Å². The maximum atomic E-state index is 14.9. The van der Waals surface area contributed by atoms with Gasteiger partial charge in [0.2, 0.25) is 10.8 Å². The number of piperazine rings is 1. The van der Waals surface area contributed by atoms with Crippen LogP contribution in [0.1, 0.15) is 22.3 Å². The van der Waals surface area contributed by atoms with E-state index in [1.165, 1.54) is 21.9 Å². The van der Waals surface area contributed by atoms with Crippen molar-refractivity contribution in [3.05, 3.63) is 45.3 Å². The Labute approximate surface area is 159 Å². The highest BCUT2D eigenvalue weighted by Crippen LogP contribution is 2.41. The molecule has 1 aliphatic heterocycles. The molecule has 1 N–H and O–H groups in total. The predicted molar refractivity (Wildman–Crippen MR) is 99.6 cm³/mol. The third kappa shape index (κ3) is 2.96. The monoisotopic (exact) mass is 395 g/mol. The van der Waals surface area contributed by atoms with E-state index in [2.05, 4.69) is 26.9 Å². The van der Waals surface area contributed by atoms with Gasteiger partial charge >= 0.3 is 0 Å². The van der Waals surface area contributed by atoms with E-state index in [1.807, 2.05) is 0 Å². The zero-order chi connectivity index (χ0) is 18.4. The first kappa shape index (κ1) is 17.7. The molecule has 0 saturated carbocycles. The van der Waals surface area contributed by atoms with Gasteiger partial charge in [-0.05, 0) is 20.0 Å². The van der Waals surface area contributed by atoms with Crippen LogP contribution in [0.3, 0.4) is 0 Å². The highest BCUT2D eigenvalue weighted by atomic mass is 35.5. The molecule has 0 amide bonds. The molecule has 2 aromatic heterocycles. The fraction of sp³-hybridized carbons (Fsp3) is 0.412. The van der Waals surface area contributed by atoms with Crippen molar-refractivity contribution in [2.75, 3.05) is 33.2 Å². The van der Waals surface area contributed by atoms with Gasteiger partial charge in [-0.3, -0.25) is 4.90 Å². The van der Waals surface area contributed by atoms with Crippen LogP contribution in [-0.4, -0.2) is 62.7 Å². The zero-order valence-electron chi connectivity index (χ0n) is 14.5. The quantitative estimate of drug-likeness (QED) is 0.739. The second-order valence-corrected chi connectivity index (χ2v) is 7.94. The Balaban J connectivity index is 1.85. The third-order valence-electron chi connectivity index (χ3n) is 4.73. The number of hydrogen-bond donors (Lipinski definition) is 1. The number of rotatable bonds is 3. The molecule has 1 fully saturated rings. The SMILES string of the molecule is Cc1nc2sc([C@@H](c3cccc(Cl)c3F)N3CCN(C)CC3)c(O)n2n1. The van der Waals surface area contributed by atoms with Gasteiger partial charge in [0.05, 0.1) is 15.9 Å². The Morgan fingerprint density at radius 3 is 2.69 bits per heavy atom. The maximum Gasteiger partial charge on any atom is 0.230 e. The molecule has 0 spiro atoms. The van der Waals surface area contributed by atoms with Crippen LogP contribution in [0.4, 0.5) is 4.39 Å². The first-order valence-electron chi connectivity index (χ1n) is 8.37. The summed E-state index contributed by atoms with van der Waals surface area (Å²) in [5.41, 5.74) is 0.457. The van der Waals surface area contributed by atoms with Crippen molar-refractivity contribution in [1.29, 1.82) is 0 Å². The summed E-state index contributed by atoms with van der Waals surface area (Å²) in [5.74, 6) is 0.143. The van der Waals surface area contributed by atoms with Gasteiger partial charge in [-0.25, -0.2) is 9.37 Å². The molecule has 3 aromatic rings. The summed E-state index contributed by atoms with van der Waals surface area (Å²) in [4.78, 5) is 9.96. The molecule has 4 rings (SSSR count). The van der Waals surface area contributed by atoms with Crippen molar-refractivity contribution in [3.8, 4) is 5.88 Å². The van der Waals surface area contributed by atoms with Crippen molar-refractivity contribution >= 4 is 27.9 Å². The molecule has 6 nitrogen and oxygen atoms in total. The lowest BCUT2D eigenvalue weighted by Crippen LogP contribution is -2.46. The summed E-state index contributed by atoms with van der Waals surface area (Å²) in [5, 5.41) is 15.1. The van der Waals surface area contributed by atoms with Crippen LogP contribution in [0.5, 0.6) is 5.88 Å². The zero-order valence-corrected chi connectivity index (χ0v) is 16.1. The minimum absolute atomic E-state index is 0.00824. The van der Waals surface area contributed by atoms with Crippen molar-refractivity contribution in [2.24, 2.45) is 0 Å². The van der Waals surface area contributed by atoms with Crippen molar-refractivity contribution in [2.45, 2.75) is 13.0 Å². The highest BCUT2D eigenvalue weighted by Gasteiger charge is 2.33. The van der Waals surface area contributed by atoms with E-state index in [-0.39, 0.29) is 10.9 Å². The molecule has 3 heterocycles. The molecule has 0 unspecified atom stereocenters. The average Bonchev–Trinajstić information content (AvgIpc) is 3.11. The first-order chi connectivity index (χ1) is 12.5. The topological polar surface area (TPSA) is 56.9 Å². The summed E-state index contributed by atoms with van der Waals surface area (Å²) in [7, 11) is 2.07. The van der Waals surface area contributed by atoms with E-state index in [1.54, 1.807) is 19.1 Å². The van der Waals surface area contributed by atoms with Crippen LogP contribution in [0.15, 0.2) is 18.2 Å². The highest BCUT2D eigenvalue weighted by molar-refractivity contribution is 7.17. The molecule has 0 radical (unpaired) electrons. The Bertz CT molecular complexity index is 950. The van der Waals surface area contributed by atoms with Crippen LogP contribution in [-0.2, 0) is 0 Å². The van der Waals surface area contributed by atoms with E-state index >= 15 is 0 Å². The summed E-state index contributed by atoms with van der Waals surface area (Å²) >= 11 is 7.37. The molecule has 1 saturated heterocycles. The lowest BCUT2D eigenvalue weighted by molar-refractivity contribution is 0.125. The lowest BCUT2D eigenvalue weighted by atomic mass is 10.0. The number of likely N-dealkylation sites (N-methyl/N-ethyl adjacent to an activating group) is 1. The van der Waals surface area contributed by atoms with E-state index in [0.29, 0.717) is 21.2 Å². The molecular weight excluding hydrogens is 377 g/mol. The number of thiazole rings is 1. The van der Waals surface area contributed by atoms with Gasteiger partial charge in [0.25, 0.3) is 0 Å². The summed E-state index contributed by atoms with van der Waals surface area (Å²) in [6, 6.07) is 4.57. The van der Waals surface area contributed by atoms with Gasteiger partial charge in [0.15, 0.2) is 0 Å². The minimum Gasteiger partial charge on any atom is -0.492 e. The molecular formula is C17H19ClFN5OS. The second kappa shape index (κ2) is 6.77. The van der Waals surface area contributed by atoms with E-state index < -0.39 is 11.9 Å². The van der Waals surface area contributed by atoms with Crippen LogP contribution < -0.4 is 0 Å². The standard InChI is InChI=1S/C17H19ClFN5OS/c1-10-20-17-24(21-10)16(25)15(26-17)14(23-8-6-22(2)7-9-23)11-4-3-5-12(18)13(11)19/h3-5,14,25H,6-9H2,1-2H3/t14-/m1/s1. The fourth-order valence-corrected chi connectivity index (χ4v) is 4.68. The molecule has 9 heteroatoms. The third-order valence-corrected chi connectivity index (χ3v) is 6.10. The first-order valence-corrected chi connectivity index (χ1v) is 9.56. The Morgan fingerprint density at radius 1 is 1.27 bits per heavy atom. The Morgan fingerprint density at radius 2 is 2.00 bits per heavy atom. The van der Waals surface area contributed by atoms with Gasteiger partial charge in [-0.2, -0.15) is 4.52 Å². The van der Waals surface area contributed by atoms with Crippen molar-refractivity contribution < 1.29 is 9.50 Å². The number of halogens is 2. The van der Waals surface area contributed by atoms with Crippen LogP contribution in [0.25, 0.3) is 4.96 Å². The van der Waals surface area contributed by atoms with Crippen LogP contribution >= 0.6 is 22.9 Å². The molecule has 1 atom stereocenters. The van der Waals surface area contributed by atoms with Gasteiger partial charge in [0, 0.05) is 31.7 Å². The number of fused-ring (bicyclic) bond motifs is 1. The maximum absolute atomic E-state index is 14.9. The number of hydrogen-bond acceptors (Lipinski definition) is 6. The molecule has 26 heavy (non-hydrogen) atoms. The summed E-state index contributed by atoms with van der Waals surface area (Å²) in [6.07, 6.45) is 0. The van der Waals surface area contributed by atoms with Gasteiger partial charge in [0.1, 0.15) is 11.6 Å². The second-order valence-electron chi connectivity index (χ2n) is 6.53. The van der Waals surface area contributed by atoms with Crippen molar-refractivity contribution in [3.63, 3.8) is 0 Å². The Kier molecular flexibility index (Phi) is 4.60. The molecule has 0 bridgehead atoms. The number of benzene rings is 1. The van der Waals surface area contributed by atoms with E-state index in [9.17, 15) is 9.50 Å². The lowest BCUT2D eigenvalue weighted by Gasteiger charge is -2.37. The van der Waals surface area contributed by atoms with Crippen LogP contribution in [0.2, 0.25) is 5.02 Å². The smallest absolute Gasteiger partial charge is 0.230 e. The van der Waals surface area contributed by atoms with E-state index in [4.69, 9.17) is 11.6 Å². The molecule has 138 valence electrons. The van der Waals surface area contributed by atoms with Gasteiger partial charge in [-0.15, -0.1) is 5.10 Å². The number of nitrogens with zero attached hydrogens (tertiary/aromatic N) is 5. The number of aromatic hydroxyl groups is 1. The molecule has 0 aliphatic carbocycles. The minimum atomic E-state index is -0.451. The molecule has 1 aromatic carbocycles. The number of aryl methyl sites for hydroxylation is 1. The van der Waals surface area contributed by atoms with Crippen molar-refractivity contribution in [1.82, 2.24) is 24.4 Å². The number of aromatic nitrogens is 3. The predicted octanol–water partition coefficient (Wildman–Crippen LogP) is 2.93. The van der Waals surface area contributed by atoms with E-state index in [0.717, 1.165) is 26.2 Å².